The Bertz CT molecular complexity index is 599. The van der Waals surface area contributed by atoms with E-state index in [9.17, 15) is 9.59 Å². The molecule has 1 aromatic carbocycles. The Morgan fingerprint density at radius 2 is 1.96 bits per heavy atom. The number of hydrogen-bond donors (Lipinski definition) is 1. The average Bonchev–Trinajstić information content (AvgIpc) is 2.58. The Hall–Kier alpha value is -2.55. The molecule has 24 heavy (non-hydrogen) atoms. The Morgan fingerprint density at radius 3 is 2.54 bits per heavy atom. The molecule has 0 atom stereocenters. The molecule has 0 radical (unpaired) electrons. The van der Waals surface area contributed by atoms with Gasteiger partial charge in [-0.25, -0.2) is 0 Å². The minimum absolute atomic E-state index is 0.0130. The van der Waals surface area contributed by atoms with Gasteiger partial charge in [-0.15, -0.1) is 0 Å². The second-order valence-electron chi connectivity index (χ2n) is 5.81. The van der Waals surface area contributed by atoms with Gasteiger partial charge in [-0.1, -0.05) is 12.1 Å². The zero-order chi connectivity index (χ0) is 17.4. The molecule has 1 N–H and O–H groups in total. The van der Waals surface area contributed by atoms with Gasteiger partial charge in [0.2, 0.25) is 11.8 Å². The van der Waals surface area contributed by atoms with Crippen LogP contribution in [0.4, 0.5) is 0 Å². The molecule has 6 heteroatoms. The van der Waals surface area contributed by atoms with E-state index in [2.05, 4.69) is 5.32 Å². The van der Waals surface area contributed by atoms with Gasteiger partial charge in [0, 0.05) is 19.1 Å². The number of hydrogen-bond acceptors (Lipinski definition) is 4. The number of piperidine rings is 1. The zero-order valence-electron chi connectivity index (χ0n) is 14.0. The first-order valence-electron chi connectivity index (χ1n) is 8.28. The fourth-order valence-corrected chi connectivity index (χ4v) is 2.79. The van der Waals surface area contributed by atoms with E-state index in [1.165, 1.54) is 0 Å². The molecule has 2 amide bonds. The summed E-state index contributed by atoms with van der Waals surface area (Å²) in [5.41, 5.74) is 0.942. The minimum Gasteiger partial charge on any atom is -0.494 e. The van der Waals surface area contributed by atoms with Crippen molar-refractivity contribution in [2.75, 3.05) is 19.7 Å². The normalized spacial score (nSPS) is 14.8. The molecule has 1 aliphatic rings. The lowest BCUT2D eigenvalue weighted by atomic mass is 10.0. The zero-order valence-corrected chi connectivity index (χ0v) is 14.0. The third-order valence-corrected chi connectivity index (χ3v) is 4.04. The molecule has 1 saturated heterocycles. The van der Waals surface area contributed by atoms with Gasteiger partial charge in [-0.05, 0) is 37.5 Å². The highest BCUT2D eigenvalue weighted by molar-refractivity contribution is 5.79. The highest BCUT2D eigenvalue weighted by Crippen LogP contribution is 2.14. The standard InChI is InChI=1S/C18H23N3O3/c1-2-24-16-5-3-14(4-6-16)13-17(22)20-15-8-11-21(12-9-15)18(23)7-10-19/h3-6,15H,2,7-9,11-13H2,1H3,(H,20,22). The van der Waals surface area contributed by atoms with Crippen molar-refractivity contribution in [3.8, 4) is 11.8 Å². The van der Waals surface area contributed by atoms with Gasteiger partial charge in [0.05, 0.1) is 19.1 Å². The summed E-state index contributed by atoms with van der Waals surface area (Å²) in [4.78, 5) is 25.5. The molecule has 1 aromatic rings. The van der Waals surface area contributed by atoms with Gasteiger partial charge >= 0.3 is 0 Å². The van der Waals surface area contributed by atoms with Crippen molar-refractivity contribution < 1.29 is 14.3 Å². The highest BCUT2D eigenvalue weighted by Gasteiger charge is 2.23. The maximum atomic E-state index is 12.1. The van der Waals surface area contributed by atoms with Crippen molar-refractivity contribution in [2.45, 2.75) is 38.6 Å². The summed E-state index contributed by atoms with van der Waals surface area (Å²) in [5.74, 6) is 0.661. The number of benzene rings is 1. The molecule has 0 saturated carbocycles. The van der Waals surface area contributed by atoms with Crippen molar-refractivity contribution in [2.24, 2.45) is 0 Å². The van der Waals surface area contributed by atoms with Gasteiger partial charge in [-0.3, -0.25) is 9.59 Å². The van der Waals surface area contributed by atoms with Crippen LogP contribution < -0.4 is 10.1 Å². The van der Waals surface area contributed by atoms with E-state index in [1.54, 1.807) is 4.90 Å². The highest BCUT2D eigenvalue weighted by atomic mass is 16.5. The van der Waals surface area contributed by atoms with E-state index < -0.39 is 0 Å². The lowest BCUT2D eigenvalue weighted by Crippen LogP contribution is -2.46. The van der Waals surface area contributed by atoms with Crippen LogP contribution in [-0.4, -0.2) is 42.5 Å². The van der Waals surface area contributed by atoms with Crippen molar-refractivity contribution in [1.29, 1.82) is 5.26 Å². The fraction of sp³-hybridized carbons (Fsp3) is 0.500. The monoisotopic (exact) mass is 329 g/mol. The third kappa shape index (κ3) is 5.27. The molecule has 1 heterocycles. The van der Waals surface area contributed by atoms with E-state index in [0.29, 0.717) is 26.1 Å². The summed E-state index contributed by atoms with van der Waals surface area (Å²) in [6.07, 6.45) is 1.72. The van der Waals surface area contributed by atoms with E-state index in [1.807, 2.05) is 37.3 Å². The van der Waals surface area contributed by atoms with Crippen LogP contribution >= 0.6 is 0 Å². The van der Waals surface area contributed by atoms with Gasteiger partial charge in [-0.2, -0.15) is 5.26 Å². The summed E-state index contributed by atoms with van der Waals surface area (Å²) in [6, 6.07) is 9.49. The molecule has 128 valence electrons. The Kier molecular flexibility index (Phi) is 6.62. The van der Waals surface area contributed by atoms with Gasteiger partial charge < -0.3 is 15.0 Å². The summed E-state index contributed by atoms with van der Waals surface area (Å²) in [5, 5.41) is 11.6. The van der Waals surface area contributed by atoms with Gasteiger partial charge in [0.1, 0.15) is 12.2 Å². The van der Waals surface area contributed by atoms with Crippen LogP contribution in [0.1, 0.15) is 31.7 Å². The van der Waals surface area contributed by atoms with E-state index in [0.717, 1.165) is 24.2 Å². The Morgan fingerprint density at radius 1 is 1.29 bits per heavy atom. The second kappa shape index (κ2) is 8.92. The number of likely N-dealkylation sites (tertiary alicyclic amines) is 1. The number of rotatable bonds is 6. The number of nitrogens with one attached hydrogen (secondary N) is 1. The Balaban J connectivity index is 1.75. The maximum Gasteiger partial charge on any atom is 0.236 e. The molecule has 0 spiro atoms. The molecule has 1 aliphatic heterocycles. The van der Waals surface area contributed by atoms with Crippen molar-refractivity contribution in [1.82, 2.24) is 10.2 Å². The van der Waals surface area contributed by atoms with Crippen LogP contribution in [0.3, 0.4) is 0 Å². The largest absolute Gasteiger partial charge is 0.494 e. The lowest BCUT2D eigenvalue weighted by Gasteiger charge is -2.32. The second-order valence-corrected chi connectivity index (χ2v) is 5.81. The number of carbonyl (C=O) groups excluding carboxylic acids is 2. The SMILES string of the molecule is CCOc1ccc(CC(=O)NC2CCN(C(=O)CC#N)CC2)cc1. The summed E-state index contributed by atoms with van der Waals surface area (Å²) in [7, 11) is 0. The molecule has 0 unspecified atom stereocenters. The molecule has 6 nitrogen and oxygen atoms in total. The van der Waals surface area contributed by atoms with Crippen LogP contribution in [0.25, 0.3) is 0 Å². The molecule has 0 aromatic heterocycles. The molecule has 2 rings (SSSR count). The first-order valence-corrected chi connectivity index (χ1v) is 8.28. The topological polar surface area (TPSA) is 82.4 Å². The van der Waals surface area contributed by atoms with Crippen molar-refractivity contribution >= 4 is 11.8 Å². The van der Waals surface area contributed by atoms with Crippen LogP contribution in [0.2, 0.25) is 0 Å². The summed E-state index contributed by atoms with van der Waals surface area (Å²) < 4.78 is 5.38. The average molecular weight is 329 g/mol. The van der Waals surface area contributed by atoms with E-state index in [4.69, 9.17) is 10.00 Å². The quantitative estimate of drug-likeness (QED) is 0.860. The molecule has 0 aliphatic carbocycles. The number of carbonyl (C=O) groups is 2. The molecular weight excluding hydrogens is 306 g/mol. The van der Waals surface area contributed by atoms with Crippen LogP contribution in [-0.2, 0) is 16.0 Å². The first kappa shape index (κ1) is 17.8. The van der Waals surface area contributed by atoms with Gasteiger partial charge in [0.15, 0.2) is 0 Å². The number of amides is 2. The Labute approximate surface area is 142 Å². The van der Waals surface area contributed by atoms with Crippen molar-refractivity contribution in [3.05, 3.63) is 29.8 Å². The van der Waals surface area contributed by atoms with E-state index in [-0.39, 0.29) is 24.3 Å². The predicted molar refractivity (Wildman–Crippen MR) is 89.3 cm³/mol. The number of nitrogens with zero attached hydrogens (tertiary/aromatic N) is 2. The third-order valence-electron chi connectivity index (χ3n) is 4.04. The maximum absolute atomic E-state index is 12.1. The smallest absolute Gasteiger partial charge is 0.236 e. The van der Waals surface area contributed by atoms with Crippen LogP contribution in [0, 0.1) is 11.3 Å². The fourth-order valence-electron chi connectivity index (χ4n) is 2.79. The van der Waals surface area contributed by atoms with E-state index >= 15 is 0 Å². The molecule has 0 bridgehead atoms. The number of ether oxygens (including phenoxy) is 1. The van der Waals surface area contributed by atoms with Gasteiger partial charge in [0.25, 0.3) is 0 Å². The minimum atomic E-state index is -0.128. The van der Waals surface area contributed by atoms with Crippen LogP contribution in [0.15, 0.2) is 24.3 Å². The van der Waals surface area contributed by atoms with Crippen LogP contribution in [0.5, 0.6) is 5.75 Å². The van der Waals surface area contributed by atoms with Crippen molar-refractivity contribution in [3.63, 3.8) is 0 Å². The first-order chi connectivity index (χ1) is 11.6. The predicted octanol–water partition coefficient (Wildman–Crippen LogP) is 1.65. The molecular formula is C18H23N3O3. The number of nitriles is 1. The lowest BCUT2D eigenvalue weighted by molar-refractivity contribution is -0.131. The summed E-state index contributed by atoms with van der Waals surface area (Å²) >= 11 is 0. The summed E-state index contributed by atoms with van der Waals surface area (Å²) in [6.45, 7) is 3.74. The molecule has 1 fully saturated rings.